The number of halogens is 2. The summed E-state index contributed by atoms with van der Waals surface area (Å²) < 4.78 is 10.2. The van der Waals surface area contributed by atoms with Gasteiger partial charge in [0.1, 0.15) is 11.5 Å². The number of carbonyl (C=O) groups is 1. The second-order valence-corrected chi connectivity index (χ2v) is 4.68. The molecular formula is C14H12Cl2N2O3. The van der Waals surface area contributed by atoms with Gasteiger partial charge in [-0.1, -0.05) is 29.3 Å². The summed E-state index contributed by atoms with van der Waals surface area (Å²) in [6, 6.07) is 8.71. The van der Waals surface area contributed by atoms with Crippen molar-refractivity contribution in [2.75, 3.05) is 6.61 Å². The number of ether oxygens (including phenoxy) is 1. The molecule has 110 valence electrons. The number of hydrogen-bond donors (Lipinski definition) is 1. The maximum absolute atomic E-state index is 11.0. The van der Waals surface area contributed by atoms with Gasteiger partial charge in [0.2, 0.25) is 0 Å². The van der Waals surface area contributed by atoms with Crippen LogP contribution in [0, 0.1) is 0 Å². The van der Waals surface area contributed by atoms with Gasteiger partial charge in [0, 0.05) is 5.56 Å². The molecule has 1 aromatic carbocycles. The van der Waals surface area contributed by atoms with E-state index in [0.717, 1.165) is 0 Å². The smallest absolute Gasteiger partial charge is 0.427 e. The third-order valence-electron chi connectivity index (χ3n) is 2.47. The first-order chi connectivity index (χ1) is 10.1. The number of hydrogen-bond acceptors (Lipinski definition) is 4. The normalized spacial score (nSPS) is 10.8. The Balaban J connectivity index is 2.10. The zero-order valence-electron chi connectivity index (χ0n) is 11.1. The molecule has 0 bridgehead atoms. The zero-order valence-corrected chi connectivity index (χ0v) is 12.6. The van der Waals surface area contributed by atoms with Crippen LogP contribution in [0.15, 0.2) is 39.9 Å². The molecule has 2 rings (SSSR count). The van der Waals surface area contributed by atoms with Crippen LogP contribution in [0.25, 0.3) is 11.3 Å². The molecule has 0 saturated heterocycles. The van der Waals surface area contributed by atoms with Crippen molar-refractivity contribution in [2.45, 2.75) is 6.92 Å². The second kappa shape index (κ2) is 7.15. The molecule has 0 aliphatic carbocycles. The quantitative estimate of drug-likeness (QED) is 0.671. The molecule has 0 saturated carbocycles. The molecule has 0 spiro atoms. The number of furan rings is 1. The lowest BCUT2D eigenvalue weighted by Crippen LogP contribution is -2.18. The number of amides is 1. The number of hydrazone groups is 1. The van der Waals surface area contributed by atoms with Crippen LogP contribution in [0.5, 0.6) is 0 Å². The van der Waals surface area contributed by atoms with Gasteiger partial charge in [0.15, 0.2) is 0 Å². The van der Waals surface area contributed by atoms with Crippen molar-refractivity contribution in [3.8, 4) is 11.3 Å². The lowest BCUT2D eigenvalue weighted by molar-refractivity contribution is 0.152. The molecule has 0 unspecified atom stereocenters. The molecule has 21 heavy (non-hydrogen) atoms. The van der Waals surface area contributed by atoms with Gasteiger partial charge >= 0.3 is 6.09 Å². The summed E-state index contributed by atoms with van der Waals surface area (Å²) in [4.78, 5) is 11.0. The Morgan fingerprint density at radius 3 is 2.95 bits per heavy atom. The predicted octanol–water partition coefficient (Wildman–Crippen LogP) is 4.33. The van der Waals surface area contributed by atoms with Gasteiger partial charge in [-0.05, 0) is 31.2 Å². The molecule has 1 amide bonds. The predicted molar refractivity (Wildman–Crippen MR) is 81.9 cm³/mol. The van der Waals surface area contributed by atoms with E-state index in [1.165, 1.54) is 6.21 Å². The van der Waals surface area contributed by atoms with E-state index >= 15 is 0 Å². The minimum Gasteiger partial charge on any atom is -0.455 e. The molecule has 0 radical (unpaired) electrons. The SMILES string of the molecule is CCOC(=O)NN=Cc1ccc(-c2cccc(Cl)c2Cl)o1. The van der Waals surface area contributed by atoms with Crippen molar-refractivity contribution in [2.24, 2.45) is 5.10 Å². The van der Waals surface area contributed by atoms with Crippen molar-refractivity contribution in [1.82, 2.24) is 5.43 Å². The van der Waals surface area contributed by atoms with Crippen LogP contribution in [-0.4, -0.2) is 18.9 Å². The Morgan fingerprint density at radius 1 is 1.38 bits per heavy atom. The first-order valence-electron chi connectivity index (χ1n) is 6.12. The Bertz CT molecular complexity index is 668. The van der Waals surface area contributed by atoms with Crippen molar-refractivity contribution in [3.05, 3.63) is 46.1 Å². The molecular weight excluding hydrogens is 315 g/mol. The summed E-state index contributed by atoms with van der Waals surface area (Å²) in [5, 5.41) is 4.57. The Kier molecular flexibility index (Phi) is 5.25. The highest BCUT2D eigenvalue weighted by Crippen LogP contribution is 2.33. The van der Waals surface area contributed by atoms with Crippen LogP contribution >= 0.6 is 23.2 Å². The zero-order chi connectivity index (χ0) is 15.2. The Morgan fingerprint density at radius 2 is 2.19 bits per heavy atom. The van der Waals surface area contributed by atoms with Crippen LogP contribution < -0.4 is 5.43 Å². The summed E-state index contributed by atoms with van der Waals surface area (Å²) in [6.07, 6.45) is 0.734. The number of nitrogens with zero attached hydrogens (tertiary/aromatic N) is 1. The van der Waals surface area contributed by atoms with E-state index in [1.807, 2.05) is 0 Å². The van der Waals surface area contributed by atoms with E-state index in [2.05, 4.69) is 15.3 Å². The highest BCUT2D eigenvalue weighted by atomic mass is 35.5. The molecule has 1 heterocycles. The largest absolute Gasteiger partial charge is 0.455 e. The highest BCUT2D eigenvalue weighted by molar-refractivity contribution is 6.43. The molecule has 1 N–H and O–H groups in total. The lowest BCUT2D eigenvalue weighted by Gasteiger charge is -2.01. The van der Waals surface area contributed by atoms with E-state index in [9.17, 15) is 4.79 Å². The fraction of sp³-hybridized carbons (Fsp3) is 0.143. The summed E-state index contributed by atoms with van der Waals surface area (Å²) in [7, 11) is 0. The first kappa shape index (κ1) is 15.4. The van der Waals surface area contributed by atoms with Gasteiger partial charge < -0.3 is 9.15 Å². The third-order valence-corrected chi connectivity index (χ3v) is 3.29. The van der Waals surface area contributed by atoms with E-state index < -0.39 is 6.09 Å². The molecule has 0 atom stereocenters. The molecule has 2 aromatic rings. The minimum atomic E-state index is -0.626. The summed E-state index contributed by atoms with van der Waals surface area (Å²) in [5.74, 6) is 1.01. The topological polar surface area (TPSA) is 63.8 Å². The lowest BCUT2D eigenvalue weighted by atomic mass is 10.2. The van der Waals surface area contributed by atoms with Gasteiger partial charge in [0.05, 0.1) is 22.9 Å². The van der Waals surface area contributed by atoms with Crippen molar-refractivity contribution >= 4 is 35.5 Å². The average Bonchev–Trinajstić information content (AvgIpc) is 2.91. The summed E-state index contributed by atoms with van der Waals surface area (Å²) in [6.45, 7) is 1.98. The molecule has 1 aromatic heterocycles. The van der Waals surface area contributed by atoms with Crippen molar-refractivity contribution in [1.29, 1.82) is 0 Å². The van der Waals surface area contributed by atoms with Crippen molar-refractivity contribution in [3.63, 3.8) is 0 Å². The van der Waals surface area contributed by atoms with E-state index in [1.54, 1.807) is 37.3 Å². The van der Waals surface area contributed by atoms with Crippen LogP contribution in [0.3, 0.4) is 0 Å². The first-order valence-corrected chi connectivity index (χ1v) is 6.87. The van der Waals surface area contributed by atoms with Gasteiger partial charge in [-0.2, -0.15) is 5.10 Å². The van der Waals surface area contributed by atoms with E-state index in [-0.39, 0.29) is 6.61 Å². The van der Waals surface area contributed by atoms with Crippen LogP contribution in [0.1, 0.15) is 12.7 Å². The Hall–Kier alpha value is -1.98. The van der Waals surface area contributed by atoms with Gasteiger partial charge in [-0.25, -0.2) is 10.2 Å². The maximum atomic E-state index is 11.0. The second-order valence-electron chi connectivity index (χ2n) is 3.89. The molecule has 0 aliphatic rings. The van der Waals surface area contributed by atoms with Gasteiger partial charge in [-0.3, -0.25) is 0 Å². The van der Waals surface area contributed by atoms with Crippen LogP contribution in [0.4, 0.5) is 4.79 Å². The summed E-state index contributed by atoms with van der Waals surface area (Å²) >= 11 is 12.1. The van der Waals surface area contributed by atoms with Crippen molar-refractivity contribution < 1.29 is 13.9 Å². The number of nitrogens with one attached hydrogen (secondary N) is 1. The third kappa shape index (κ3) is 4.00. The van der Waals surface area contributed by atoms with Crippen LogP contribution in [0.2, 0.25) is 10.0 Å². The standard InChI is InChI=1S/C14H12Cl2N2O3/c1-2-20-14(19)18-17-8-9-6-7-12(21-9)10-4-3-5-11(15)13(10)16/h3-8H,2H2,1H3,(H,18,19). The fourth-order valence-corrected chi connectivity index (χ4v) is 1.97. The Labute approximate surface area is 131 Å². The van der Waals surface area contributed by atoms with E-state index in [0.29, 0.717) is 27.1 Å². The monoisotopic (exact) mass is 326 g/mol. The minimum absolute atomic E-state index is 0.277. The van der Waals surface area contributed by atoms with Gasteiger partial charge in [0.25, 0.3) is 0 Å². The van der Waals surface area contributed by atoms with Gasteiger partial charge in [-0.15, -0.1) is 0 Å². The fourth-order valence-electron chi connectivity index (χ4n) is 1.57. The average molecular weight is 327 g/mol. The molecule has 7 heteroatoms. The number of benzene rings is 1. The maximum Gasteiger partial charge on any atom is 0.427 e. The molecule has 0 aliphatic heterocycles. The van der Waals surface area contributed by atoms with E-state index in [4.69, 9.17) is 27.6 Å². The highest BCUT2D eigenvalue weighted by Gasteiger charge is 2.10. The summed E-state index contributed by atoms with van der Waals surface area (Å²) in [5.41, 5.74) is 2.89. The number of rotatable bonds is 4. The number of carbonyl (C=O) groups excluding carboxylic acids is 1. The molecule has 0 fully saturated rings. The van der Waals surface area contributed by atoms with Crippen LogP contribution in [-0.2, 0) is 4.74 Å². The molecule has 5 nitrogen and oxygen atoms in total.